The second-order valence-electron chi connectivity index (χ2n) is 2.88. The lowest BCUT2D eigenvalue weighted by molar-refractivity contribution is 0.621. The van der Waals surface area contributed by atoms with Gasteiger partial charge in [0.1, 0.15) is 0 Å². The first-order chi connectivity index (χ1) is 3.55. The van der Waals surface area contributed by atoms with Crippen LogP contribution in [0.25, 0.3) is 0 Å². The molecule has 0 heterocycles. The summed E-state index contributed by atoms with van der Waals surface area (Å²) in [5, 5.41) is 0. The quantitative estimate of drug-likeness (QED) is 0.515. The van der Waals surface area contributed by atoms with Gasteiger partial charge in [-0.1, -0.05) is 34.6 Å². The van der Waals surface area contributed by atoms with E-state index in [1.165, 1.54) is 11.8 Å². The van der Waals surface area contributed by atoms with Gasteiger partial charge in [0.2, 0.25) is 0 Å². The summed E-state index contributed by atoms with van der Waals surface area (Å²) in [7, 11) is 0. The number of hydrogen-bond donors (Lipinski definition) is 0. The van der Waals surface area contributed by atoms with Gasteiger partial charge in [0.05, 0.1) is 0 Å². The van der Waals surface area contributed by atoms with Crippen molar-refractivity contribution in [1.29, 1.82) is 0 Å². The van der Waals surface area contributed by atoms with Gasteiger partial charge >= 0.3 is 0 Å². The lowest BCUT2D eigenvalue weighted by Crippen LogP contribution is -2.06. The third-order valence-corrected chi connectivity index (χ3v) is 1.73. The Balaban J connectivity index is 3.46. The van der Waals surface area contributed by atoms with Gasteiger partial charge in [-0.15, -0.1) is 0 Å². The largest absolute Gasteiger partial charge is 0.0614 e. The van der Waals surface area contributed by atoms with Crippen LogP contribution >= 0.6 is 0 Å². The van der Waals surface area contributed by atoms with Crippen LogP contribution in [0, 0.1) is 17.8 Å². The Morgan fingerprint density at radius 1 is 0.875 bits per heavy atom. The van der Waals surface area contributed by atoms with Gasteiger partial charge in [0.25, 0.3) is 0 Å². The maximum atomic E-state index is 2.24. The van der Waals surface area contributed by atoms with E-state index in [0.29, 0.717) is 5.92 Å². The number of rotatable bonds is 2. The van der Waals surface area contributed by atoms with Gasteiger partial charge in [-0.25, -0.2) is 0 Å². The fraction of sp³-hybridized carbons (Fsp3) is 0.750. The van der Waals surface area contributed by atoms with Crippen molar-refractivity contribution >= 4 is 0 Å². The summed E-state index contributed by atoms with van der Waals surface area (Å²) >= 11 is 0. The molecule has 2 radical (unpaired) electrons. The van der Waals surface area contributed by atoms with Crippen molar-refractivity contribution < 1.29 is 0 Å². The fourth-order valence-electron chi connectivity index (χ4n) is 0.577. The van der Waals surface area contributed by atoms with Gasteiger partial charge < -0.3 is 0 Å². The fourth-order valence-corrected chi connectivity index (χ4v) is 0.577. The molecule has 0 aromatic carbocycles. The first kappa shape index (κ1) is 8.00. The maximum Gasteiger partial charge on any atom is -0.0269 e. The van der Waals surface area contributed by atoms with E-state index in [4.69, 9.17) is 0 Å². The van der Waals surface area contributed by atoms with E-state index in [0.717, 1.165) is 0 Å². The molecule has 0 nitrogen and oxygen atoms in total. The molecular formula is C8H16. The summed E-state index contributed by atoms with van der Waals surface area (Å²) < 4.78 is 0. The lowest BCUT2D eigenvalue weighted by atomic mass is 9.88. The zero-order chi connectivity index (χ0) is 6.73. The zero-order valence-corrected chi connectivity index (χ0v) is 6.58. The normalized spacial score (nSPS) is 12.0. The molecule has 0 unspecified atom stereocenters. The second kappa shape index (κ2) is 3.11. The minimum atomic E-state index is 0.704. The highest BCUT2D eigenvalue weighted by Crippen LogP contribution is 2.21. The van der Waals surface area contributed by atoms with Gasteiger partial charge in [0.15, 0.2) is 0 Å². The molecule has 0 atom stereocenters. The minimum absolute atomic E-state index is 0.704. The van der Waals surface area contributed by atoms with Crippen molar-refractivity contribution in [2.45, 2.75) is 34.6 Å². The predicted octanol–water partition coefficient (Wildman–Crippen LogP) is 2.85. The van der Waals surface area contributed by atoms with Crippen LogP contribution in [-0.2, 0) is 0 Å². The third-order valence-electron chi connectivity index (χ3n) is 1.73. The molecule has 0 saturated heterocycles. The molecule has 0 N–H and O–H groups in total. The Bertz CT molecular complexity index is 45.1. The smallest absolute Gasteiger partial charge is 0.0269 e. The average Bonchev–Trinajstić information content (AvgIpc) is 1.64. The molecule has 48 valence electrons. The van der Waals surface area contributed by atoms with Crippen LogP contribution < -0.4 is 0 Å². The van der Waals surface area contributed by atoms with Crippen molar-refractivity contribution in [3.05, 3.63) is 11.8 Å². The number of hydrogen-bond acceptors (Lipinski definition) is 0. The third kappa shape index (κ3) is 2.34. The van der Waals surface area contributed by atoms with Crippen LogP contribution in [0.3, 0.4) is 0 Å². The molecule has 0 aromatic rings. The Morgan fingerprint density at radius 3 is 1.12 bits per heavy atom. The van der Waals surface area contributed by atoms with Crippen molar-refractivity contribution in [2.75, 3.05) is 0 Å². The summed E-state index contributed by atoms with van der Waals surface area (Å²) in [5.74, 6) is 3.71. The van der Waals surface area contributed by atoms with Gasteiger partial charge in [0, 0.05) is 0 Å². The second-order valence-corrected chi connectivity index (χ2v) is 2.88. The molecular weight excluding hydrogens is 96.1 g/mol. The Hall–Kier alpha value is 0. The van der Waals surface area contributed by atoms with E-state index in [1.54, 1.807) is 0 Å². The standard InChI is InChI=1S/C8H16/c1-6(2)8(5)7(3)4/h8H,1-5H3. The molecule has 0 heteroatoms. The van der Waals surface area contributed by atoms with Gasteiger partial charge in [-0.2, -0.15) is 0 Å². The van der Waals surface area contributed by atoms with E-state index < -0.39 is 0 Å². The van der Waals surface area contributed by atoms with E-state index in [-0.39, 0.29) is 0 Å². The SMILES string of the molecule is C[C](C)C(C)[C](C)C. The molecule has 0 rings (SSSR count). The van der Waals surface area contributed by atoms with Crippen molar-refractivity contribution in [3.8, 4) is 0 Å². The first-order valence-corrected chi connectivity index (χ1v) is 3.15. The van der Waals surface area contributed by atoms with Crippen LogP contribution in [0.1, 0.15) is 34.6 Å². The summed E-state index contributed by atoms with van der Waals surface area (Å²) in [6.45, 7) is 11.0. The van der Waals surface area contributed by atoms with E-state index in [1.807, 2.05) is 0 Å². The predicted molar refractivity (Wildman–Crippen MR) is 38.3 cm³/mol. The lowest BCUT2D eigenvalue weighted by Gasteiger charge is -2.17. The highest BCUT2D eigenvalue weighted by atomic mass is 14.2. The Morgan fingerprint density at radius 2 is 1.12 bits per heavy atom. The molecule has 0 saturated carbocycles. The van der Waals surface area contributed by atoms with Crippen molar-refractivity contribution in [3.63, 3.8) is 0 Å². The molecule has 0 aliphatic heterocycles. The summed E-state index contributed by atoms with van der Waals surface area (Å²) in [6.07, 6.45) is 0. The van der Waals surface area contributed by atoms with E-state index in [2.05, 4.69) is 34.6 Å². The molecule has 0 spiro atoms. The molecule has 8 heavy (non-hydrogen) atoms. The summed E-state index contributed by atoms with van der Waals surface area (Å²) in [5.41, 5.74) is 0. The minimum Gasteiger partial charge on any atom is -0.0614 e. The van der Waals surface area contributed by atoms with Crippen LogP contribution in [-0.4, -0.2) is 0 Å². The molecule has 0 aromatic heterocycles. The van der Waals surface area contributed by atoms with Crippen molar-refractivity contribution in [2.24, 2.45) is 5.92 Å². The van der Waals surface area contributed by atoms with Crippen LogP contribution in [0.2, 0.25) is 0 Å². The monoisotopic (exact) mass is 112 g/mol. The van der Waals surface area contributed by atoms with Crippen molar-refractivity contribution in [1.82, 2.24) is 0 Å². The zero-order valence-electron chi connectivity index (χ0n) is 6.58. The highest BCUT2D eigenvalue weighted by molar-refractivity contribution is 4.99. The van der Waals surface area contributed by atoms with Crippen LogP contribution in [0.5, 0.6) is 0 Å². The van der Waals surface area contributed by atoms with Crippen LogP contribution in [0.15, 0.2) is 0 Å². The molecule has 0 amide bonds. The maximum absolute atomic E-state index is 2.24. The summed E-state index contributed by atoms with van der Waals surface area (Å²) in [6, 6.07) is 0. The molecule has 0 bridgehead atoms. The van der Waals surface area contributed by atoms with Crippen LogP contribution in [0.4, 0.5) is 0 Å². The van der Waals surface area contributed by atoms with Gasteiger partial charge in [-0.3, -0.25) is 0 Å². The van der Waals surface area contributed by atoms with Gasteiger partial charge in [-0.05, 0) is 17.8 Å². The molecule has 0 aliphatic rings. The van der Waals surface area contributed by atoms with E-state index >= 15 is 0 Å². The topological polar surface area (TPSA) is 0 Å². The summed E-state index contributed by atoms with van der Waals surface area (Å²) in [4.78, 5) is 0. The molecule has 0 fully saturated rings. The highest BCUT2D eigenvalue weighted by Gasteiger charge is 2.10. The first-order valence-electron chi connectivity index (χ1n) is 3.15. The Labute approximate surface area is 53.3 Å². The molecule has 0 aliphatic carbocycles. The van der Waals surface area contributed by atoms with E-state index in [9.17, 15) is 0 Å². The Kier molecular flexibility index (Phi) is 3.11. The average molecular weight is 112 g/mol.